The Kier molecular flexibility index (Phi) is 6.05. The first-order valence-corrected chi connectivity index (χ1v) is 4.12. The second kappa shape index (κ2) is 6.64. The molecule has 1 amide bonds. The van der Waals surface area contributed by atoms with E-state index in [9.17, 15) is 9.59 Å². The minimum atomic E-state index is -0.479. The molecule has 0 aromatic carbocycles. The van der Waals surface area contributed by atoms with Crippen LogP contribution in [0.15, 0.2) is 0 Å². The van der Waals surface area contributed by atoms with Gasteiger partial charge in [-0.05, 0) is 13.3 Å². The Labute approximate surface area is 72.3 Å². The predicted molar refractivity (Wildman–Crippen MR) is 44.5 cm³/mol. The van der Waals surface area contributed by atoms with Crippen LogP contribution in [0.3, 0.4) is 0 Å². The number of rotatable bonds is 6. The Morgan fingerprint density at radius 1 is 1.58 bits per heavy atom. The first kappa shape index (κ1) is 10.9. The van der Waals surface area contributed by atoms with E-state index in [1.54, 1.807) is 6.92 Å². The van der Waals surface area contributed by atoms with Crippen molar-refractivity contribution in [1.82, 2.24) is 5.32 Å². The Hall–Kier alpha value is -1.06. The number of esters is 1. The number of nitrogens with one attached hydrogen (secondary N) is 1. The fourth-order valence-electron chi connectivity index (χ4n) is 0.883. The summed E-state index contributed by atoms with van der Waals surface area (Å²) in [7, 11) is 0. The molecule has 0 saturated carbocycles. The normalized spacial score (nSPS) is 11.8. The molecule has 0 saturated heterocycles. The number of hydrogen-bond acceptors (Lipinski definition) is 3. The third-order valence-corrected chi connectivity index (χ3v) is 1.42. The summed E-state index contributed by atoms with van der Waals surface area (Å²) in [6.45, 7) is 4.03. The van der Waals surface area contributed by atoms with Gasteiger partial charge in [0.2, 0.25) is 6.41 Å². The zero-order chi connectivity index (χ0) is 9.40. The summed E-state index contributed by atoms with van der Waals surface area (Å²) in [5.74, 6) is -0.355. The van der Waals surface area contributed by atoms with E-state index in [-0.39, 0.29) is 5.97 Å². The predicted octanol–water partition coefficient (Wildman–Crippen LogP) is 0.464. The van der Waals surface area contributed by atoms with E-state index < -0.39 is 6.04 Å². The summed E-state index contributed by atoms with van der Waals surface area (Å²) in [5, 5.41) is 2.41. The van der Waals surface area contributed by atoms with Gasteiger partial charge in [-0.25, -0.2) is 4.79 Å². The molecule has 12 heavy (non-hydrogen) atoms. The van der Waals surface area contributed by atoms with Crippen LogP contribution < -0.4 is 5.32 Å². The third kappa shape index (κ3) is 3.95. The molecule has 70 valence electrons. The first-order valence-electron chi connectivity index (χ1n) is 4.12. The van der Waals surface area contributed by atoms with E-state index >= 15 is 0 Å². The molecule has 0 radical (unpaired) electrons. The molecule has 0 heterocycles. The lowest BCUT2D eigenvalue weighted by atomic mass is 10.2. The molecule has 0 spiro atoms. The quantitative estimate of drug-likeness (QED) is 0.469. The van der Waals surface area contributed by atoms with Crippen LogP contribution in [0.25, 0.3) is 0 Å². The summed E-state index contributed by atoms with van der Waals surface area (Å²) >= 11 is 0. The number of carbonyl (C=O) groups is 2. The monoisotopic (exact) mass is 173 g/mol. The van der Waals surface area contributed by atoms with Crippen LogP contribution in [-0.2, 0) is 14.3 Å². The molecule has 1 unspecified atom stereocenters. The van der Waals surface area contributed by atoms with Crippen molar-refractivity contribution in [1.29, 1.82) is 0 Å². The van der Waals surface area contributed by atoms with Crippen molar-refractivity contribution in [3.05, 3.63) is 0 Å². The van der Waals surface area contributed by atoms with Crippen molar-refractivity contribution in [3.8, 4) is 0 Å². The summed E-state index contributed by atoms with van der Waals surface area (Å²) < 4.78 is 4.75. The van der Waals surface area contributed by atoms with Crippen molar-refractivity contribution < 1.29 is 14.3 Å². The van der Waals surface area contributed by atoms with Gasteiger partial charge < -0.3 is 10.1 Å². The van der Waals surface area contributed by atoms with E-state index in [1.807, 2.05) is 6.92 Å². The molecule has 0 fully saturated rings. The van der Waals surface area contributed by atoms with Gasteiger partial charge in [0.1, 0.15) is 6.04 Å². The average Bonchev–Trinajstić information content (AvgIpc) is 2.04. The van der Waals surface area contributed by atoms with Crippen molar-refractivity contribution in [3.63, 3.8) is 0 Å². The number of hydrogen-bond donors (Lipinski definition) is 1. The van der Waals surface area contributed by atoms with E-state index in [2.05, 4.69) is 5.32 Å². The van der Waals surface area contributed by atoms with Gasteiger partial charge in [0.05, 0.1) is 6.61 Å². The number of carbonyl (C=O) groups excluding carboxylic acids is 2. The highest BCUT2D eigenvalue weighted by Gasteiger charge is 2.16. The topological polar surface area (TPSA) is 55.4 Å². The van der Waals surface area contributed by atoms with Crippen molar-refractivity contribution >= 4 is 12.4 Å². The average molecular weight is 173 g/mol. The maximum absolute atomic E-state index is 11.1. The molecule has 1 atom stereocenters. The van der Waals surface area contributed by atoms with Crippen molar-refractivity contribution in [2.75, 3.05) is 6.61 Å². The summed E-state index contributed by atoms with van der Waals surface area (Å²) in [6, 6.07) is -0.479. The van der Waals surface area contributed by atoms with Gasteiger partial charge in [0.25, 0.3) is 0 Å². The van der Waals surface area contributed by atoms with Gasteiger partial charge in [-0.1, -0.05) is 13.3 Å². The van der Waals surface area contributed by atoms with Crippen LogP contribution in [0.5, 0.6) is 0 Å². The Balaban J connectivity index is 3.89. The standard InChI is InChI=1S/C8H15NO3/c1-3-5-7(9-6-10)8(11)12-4-2/h6-7H,3-5H2,1-2H3,(H,9,10). The maximum Gasteiger partial charge on any atom is 0.328 e. The lowest BCUT2D eigenvalue weighted by Crippen LogP contribution is -2.37. The number of ether oxygens (including phenoxy) is 1. The van der Waals surface area contributed by atoms with Gasteiger partial charge in [-0.3, -0.25) is 4.79 Å². The first-order chi connectivity index (χ1) is 5.76. The van der Waals surface area contributed by atoms with Crippen LogP contribution in [0, 0.1) is 0 Å². The number of amides is 1. The Bertz CT molecular complexity index is 147. The lowest BCUT2D eigenvalue weighted by molar-refractivity contribution is -0.146. The highest BCUT2D eigenvalue weighted by Crippen LogP contribution is 1.98. The minimum absolute atomic E-state index is 0.347. The van der Waals surface area contributed by atoms with Gasteiger partial charge in [0, 0.05) is 0 Å². The molecular formula is C8H15NO3. The van der Waals surface area contributed by atoms with Gasteiger partial charge in [-0.2, -0.15) is 0 Å². The van der Waals surface area contributed by atoms with Crippen LogP contribution in [0.2, 0.25) is 0 Å². The van der Waals surface area contributed by atoms with Gasteiger partial charge in [-0.15, -0.1) is 0 Å². The van der Waals surface area contributed by atoms with Crippen molar-refractivity contribution in [2.45, 2.75) is 32.7 Å². The summed E-state index contributed by atoms with van der Waals surface area (Å²) in [5.41, 5.74) is 0. The van der Waals surface area contributed by atoms with Crippen LogP contribution in [0.1, 0.15) is 26.7 Å². The summed E-state index contributed by atoms with van der Waals surface area (Å²) in [4.78, 5) is 21.2. The van der Waals surface area contributed by atoms with E-state index in [4.69, 9.17) is 4.74 Å². The largest absolute Gasteiger partial charge is 0.464 e. The van der Waals surface area contributed by atoms with Crippen LogP contribution in [0.4, 0.5) is 0 Å². The second-order valence-electron chi connectivity index (χ2n) is 2.38. The molecule has 4 heteroatoms. The molecule has 0 aromatic heterocycles. The molecule has 0 aliphatic carbocycles. The summed E-state index contributed by atoms with van der Waals surface area (Å²) in [6.07, 6.45) is 1.99. The zero-order valence-corrected chi connectivity index (χ0v) is 7.50. The fourth-order valence-corrected chi connectivity index (χ4v) is 0.883. The molecule has 1 N–H and O–H groups in total. The fraction of sp³-hybridized carbons (Fsp3) is 0.750. The van der Waals surface area contributed by atoms with Gasteiger partial charge >= 0.3 is 5.97 Å². The smallest absolute Gasteiger partial charge is 0.328 e. The van der Waals surface area contributed by atoms with E-state index in [1.165, 1.54) is 0 Å². The molecule has 0 bridgehead atoms. The zero-order valence-electron chi connectivity index (χ0n) is 7.50. The lowest BCUT2D eigenvalue weighted by Gasteiger charge is -2.12. The molecule has 0 aliphatic heterocycles. The van der Waals surface area contributed by atoms with Crippen LogP contribution >= 0.6 is 0 Å². The third-order valence-electron chi connectivity index (χ3n) is 1.42. The SMILES string of the molecule is CCCC(NC=O)C(=O)OCC. The molecule has 0 rings (SSSR count). The highest BCUT2D eigenvalue weighted by atomic mass is 16.5. The maximum atomic E-state index is 11.1. The minimum Gasteiger partial charge on any atom is -0.464 e. The highest BCUT2D eigenvalue weighted by molar-refractivity contribution is 5.78. The van der Waals surface area contributed by atoms with E-state index in [0.29, 0.717) is 19.4 Å². The Morgan fingerprint density at radius 2 is 2.25 bits per heavy atom. The van der Waals surface area contributed by atoms with Gasteiger partial charge in [0.15, 0.2) is 0 Å². The molecule has 0 aliphatic rings. The van der Waals surface area contributed by atoms with E-state index in [0.717, 1.165) is 6.42 Å². The van der Waals surface area contributed by atoms with Crippen molar-refractivity contribution in [2.24, 2.45) is 0 Å². The molecular weight excluding hydrogens is 158 g/mol. The van der Waals surface area contributed by atoms with Crippen LogP contribution in [-0.4, -0.2) is 25.0 Å². The molecule has 4 nitrogen and oxygen atoms in total. The Morgan fingerprint density at radius 3 is 2.67 bits per heavy atom. The molecule has 0 aromatic rings. The second-order valence-corrected chi connectivity index (χ2v) is 2.38.